The topological polar surface area (TPSA) is 71.5 Å². The first-order valence-electron chi connectivity index (χ1n) is 6.19. The highest BCUT2D eigenvalue weighted by molar-refractivity contribution is 6.00. The first kappa shape index (κ1) is 13.5. The number of hydrogen-bond acceptors (Lipinski definition) is 4. The quantitative estimate of drug-likeness (QED) is 0.770. The second-order valence-corrected chi connectivity index (χ2v) is 4.40. The van der Waals surface area contributed by atoms with Crippen molar-refractivity contribution in [2.24, 2.45) is 5.92 Å². The first-order valence-corrected chi connectivity index (χ1v) is 6.19. The summed E-state index contributed by atoms with van der Waals surface area (Å²) in [7, 11) is 1.58. The Morgan fingerprint density at radius 1 is 1.63 bits per heavy atom. The number of nitrogens with one attached hydrogen (secondary N) is 1. The lowest BCUT2D eigenvalue weighted by Crippen LogP contribution is -2.34. The molecule has 2 amide bonds. The molecule has 1 aromatic rings. The molecule has 1 unspecified atom stereocenters. The van der Waals surface area contributed by atoms with Gasteiger partial charge in [-0.1, -0.05) is 0 Å². The van der Waals surface area contributed by atoms with E-state index in [4.69, 9.17) is 4.74 Å². The van der Waals surface area contributed by atoms with Crippen LogP contribution in [0.15, 0.2) is 24.5 Å². The Kier molecular flexibility index (Phi) is 4.46. The van der Waals surface area contributed by atoms with E-state index < -0.39 is 0 Å². The molecule has 0 aliphatic carbocycles. The Morgan fingerprint density at radius 3 is 3.16 bits per heavy atom. The maximum Gasteiger partial charge on any atom is 0.227 e. The van der Waals surface area contributed by atoms with Gasteiger partial charge in [0.1, 0.15) is 0 Å². The summed E-state index contributed by atoms with van der Waals surface area (Å²) in [5.41, 5.74) is 0.736. The van der Waals surface area contributed by atoms with Crippen LogP contribution in [-0.2, 0) is 14.3 Å². The lowest BCUT2D eigenvalue weighted by Gasteiger charge is -2.15. The second kappa shape index (κ2) is 6.29. The van der Waals surface area contributed by atoms with Crippen molar-refractivity contribution in [3.8, 4) is 0 Å². The molecule has 0 saturated carbocycles. The number of amides is 2. The average molecular weight is 263 g/mol. The molecule has 0 bridgehead atoms. The van der Waals surface area contributed by atoms with Gasteiger partial charge in [0, 0.05) is 32.8 Å². The Balaban J connectivity index is 1.94. The minimum atomic E-state index is -0.301. The molecule has 1 atom stereocenters. The average Bonchev–Trinajstić information content (AvgIpc) is 2.82. The third-order valence-corrected chi connectivity index (χ3v) is 3.06. The molecule has 1 aliphatic heterocycles. The molecule has 2 rings (SSSR count). The van der Waals surface area contributed by atoms with Crippen LogP contribution in [0.5, 0.6) is 0 Å². The van der Waals surface area contributed by atoms with Crippen molar-refractivity contribution in [2.75, 3.05) is 31.7 Å². The number of nitrogens with zero attached hydrogens (tertiary/aromatic N) is 2. The number of rotatable bonds is 5. The van der Waals surface area contributed by atoms with E-state index in [1.54, 1.807) is 30.5 Å². The molecule has 0 spiro atoms. The third-order valence-electron chi connectivity index (χ3n) is 3.06. The maximum atomic E-state index is 11.9. The monoisotopic (exact) mass is 263 g/mol. The minimum absolute atomic E-state index is 0.0418. The van der Waals surface area contributed by atoms with Crippen molar-refractivity contribution < 1.29 is 14.3 Å². The second-order valence-electron chi connectivity index (χ2n) is 4.40. The van der Waals surface area contributed by atoms with Crippen LogP contribution >= 0.6 is 0 Å². The van der Waals surface area contributed by atoms with Crippen LogP contribution in [0.1, 0.15) is 6.42 Å². The van der Waals surface area contributed by atoms with Gasteiger partial charge >= 0.3 is 0 Å². The fraction of sp³-hybridized carbons (Fsp3) is 0.462. The summed E-state index contributed by atoms with van der Waals surface area (Å²) in [6.07, 6.45) is 3.52. The molecule has 0 aromatic carbocycles. The molecule has 1 N–H and O–H groups in total. The van der Waals surface area contributed by atoms with E-state index in [-0.39, 0.29) is 24.2 Å². The van der Waals surface area contributed by atoms with Crippen LogP contribution in [0, 0.1) is 5.92 Å². The van der Waals surface area contributed by atoms with Crippen LogP contribution in [0.2, 0.25) is 0 Å². The van der Waals surface area contributed by atoms with Crippen molar-refractivity contribution in [2.45, 2.75) is 6.42 Å². The SMILES string of the molecule is COCCNC(=O)C1CC(=O)N(c2cccnc2)C1. The Morgan fingerprint density at radius 2 is 2.47 bits per heavy atom. The zero-order valence-electron chi connectivity index (χ0n) is 10.8. The molecule has 6 nitrogen and oxygen atoms in total. The number of methoxy groups -OCH3 is 1. The molecular formula is C13H17N3O3. The van der Waals surface area contributed by atoms with E-state index in [0.717, 1.165) is 5.69 Å². The van der Waals surface area contributed by atoms with Crippen LogP contribution in [-0.4, -0.2) is 43.6 Å². The number of aromatic nitrogens is 1. The van der Waals surface area contributed by atoms with Gasteiger partial charge in [0.05, 0.1) is 24.4 Å². The highest BCUT2D eigenvalue weighted by Gasteiger charge is 2.34. The summed E-state index contributed by atoms with van der Waals surface area (Å²) in [5, 5.41) is 2.76. The van der Waals surface area contributed by atoms with Crippen LogP contribution in [0.25, 0.3) is 0 Å². The van der Waals surface area contributed by atoms with Crippen LogP contribution < -0.4 is 10.2 Å². The predicted octanol–water partition coefficient (Wildman–Crippen LogP) is 0.197. The molecule has 2 heterocycles. The highest BCUT2D eigenvalue weighted by atomic mass is 16.5. The van der Waals surface area contributed by atoms with Gasteiger partial charge in [0.15, 0.2) is 0 Å². The largest absolute Gasteiger partial charge is 0.383 e. The zero-order valence-corrected chi connectivity index (χ0v) is 10.8. The number of pyridine rings is 1. The highest BCUT2D eigenvalue weighted by Crippen LogP contribution is 2.24. The Labute approximate surface area is 111 Å². The Bertz CT molecular complexity index is 450. The summed E-state index contributed by atoms with van der Waals surface area (Å²) in [5.74, 6) is -0.443. The lowest BCUT2D eigenvalue weighted by molar-refractivity contribution is -0.126. The maximum absolute atomic E-state index is 11.9. The van der Waals surface area contributed by atoms with E-state index in [1.165, 1.54) is 0 Å². The van der Waals surface area contributed by atoms with Gasteiger partial charge in [0.2, 0.25) is 11.8 Å². The van der Waals surface area contributed by atoms with E-state index in [1.807, 2.05) is 6.07 Å². The summed E-state index contributed by atoms with van der Waals surface area (Å²) < 4.78 is 4.87. The summed E-state index contributed by atoms with van der Waals surface area (Å²) in [6.45, 7) is 1.34. The summed E-state index contributed by atoms with van der Waals surface area (Å²) in [6, 6.07) is 3.59. The van der Waals surface area contributed by atoms with E-state index in [9.17, 15) is 9.59 Å². The van der Waals surface area contributed by atoms with Gasteiger partial charge in [-0.25, -0.2) is 0 Å². The smallest absolute Gasteiger partial charge is 0.227 e. The molecule has 1 saturated heterocycles. The Hall–Kier alpha value is -1.95. The molecule has 6 heteroatoms. The molecule has 19 heavy (non-hydrogen) atoms. The normalized spacial score (nSPS) is 18.7. The lowest BCUT2D eigenvalue weighted by atomic mass is 10.1. The van der Waals surface area contributed by atoms with Crippen molar-refractivity contribution in [1.82, 2.24) is 10.3 Å². The standard InChI is InChI=1S/C13H17N3O3/c1-19-6-5-15-13(18)10-7-12(17)16(9-10)11-3-2-4-14-8-11/h2-4,8,10H,5-7,9H2,1H3,(H,15,18). The zero-order chi connectivity index (χ0) is 13.7. The minimum Gasteiger partial charge on any atom is -0.383 e. The van der Waals surface area contributed by atoms with Gasteiger partial charge in [-0.3, -0.25) is 14.6 Å². The van der Waals surface area contributed by atoms with Gasteiger partial charge in [-0.2, -0.15) is 0 Å². The fourth-order valence-electron chi connectivity index (χ4n) is 2.07. The number of hydrogen-bond donors (Lipinski definition) is 1. The van der Waals surface area contributed by atoms with Crippen LogP contribution in [0.4, 0.5) is 5.69 Å². The number of carbonyl (C=O) groups is 2. The molecule has 0 radical (unpaired) electrons. The third kappa shape index (κ3) is 3.29. The van der Waals surface area contributed by atoms with E-state index in [2.05, 4.69) is 10.3 Å². The molecule has 1 aromatic heterocycles. The predicted molar refractivity (Wildman–Crippen MR) is 69.6 cm³/mol. The van der Waals surface area contributed by atoms with Gasteiger partial charge in [0.25, 0.3) is 0 Å². The van der Waals surface area contributed by atoms with E-state index in [0.29, 0.717) is 19.7 Å². The number of anilines is 1. The van der Waals surface area contributed by atoms with Crippen molar-refractivity contribution in [1.29, 1.82) is 0 Å². The first-order chi connectivity index (χ1) is 9.22. The number of carbonyl (C=O) groups excluding carboxylic acids is 2. The molecule has 1 fully saturated rings. The van der Waals surface area contributed by atoms with Crippen molar-refractivity contribution in [3.63, 3.8) is 0 Å². The van der Waals surface area contributed by atoms with Crippen LogP contribution in [0.3, 0.4) is 0 Å². The van der Waals surface area contributed by atoms with E-state index >= 15 is 0 Å². The molecule has 102 valence electrons. The fourth-order valence-corrected chi connectivity index (χ4v) is 2.07. The van der Waals surface area contributed by atoms with Gasteiger partial charge in [-0.05, 0) is 12.1 Å². The van der Waals surface area contributed by atoms with Crippen molar-refractivity contribution in [3.05, 3.63) is 24.5 Å². The molecule has 1 aliphatic rings. The van der Waals surface area contributed by atoms with Gasteiger partial charge < -0.3 is 15.0 Å². The summed E-state index contributed by atoms with van der Waals surface area (Å²) in [4.78, 5) is 29.4. The number of ether oxygens (including phenoxy) is 1. The summed E-state index contributed by atoms with van der Waals surface area (Å²) >= 11 is 0. The van der Waals surface area contributed by atoms with Gasteiger partial charge in [-0.15, -0.1) is 0 Å². The van der Waals surface area contributed by atoms with Crippen molar-refractivity contribution >= 4 is 17.5 Å². The molecular weight excluding hydrogens is 246 g/mol.